The van der Waals surface area contributed by atoms with E-state index in [1.54, 1.807) is 0 Å². The number of ether oxygens (including phenoxy) is 2. The lowest BCUT2D eigenvalue weighted by molar-refractivity contribution is -0.287. The van der Waals surface area contributed by atoms with Crippen LogP contribution in [0.3, 0.4) is 0 Å². The lowest BCUT2D eigenvalue weighted by Crippen LogP contribution is -2.26. The fourth-order valence-electron chi connectivity index (χ4n) is 1.60. The summed E-state index contributed by atoms with van der Waals surface area (Å²) in [4.78, 5) is 0. The third-order valence-electron chi connectivity index (χ3n) is 2.29. The Bertz CT molecular complexity index is 430. The Morgan fingerprint density at radius 3 is 2.50 bits per heavy atom. The van der Waals surface area contributed by atoms with Crippen LogP contribution in [-0.2, 0) is 0 Å². The van der Waals surface area contributed by atoms with Crippen LogP contribution in [0, 0.1) is 0 Å². The zero-order valence-corrected chi connectivity index (χ0v) is 9.72. The maximum Gasteiger partial charge on any atom is 0.586 e. The van der Waals surface area contributed by atoms with Crippen molar-refractivity contribution < 1.29 is 27.0 Å². The van der Waals surface area contributed by atoms with Crippen LogP contribution in [0.5, 0.6) is 11.5 Å². The maximum atomic E-state index is 12.8. The molecule has 1 aromatic rings. The van der Waals surface area contributed by atoms with Crippen molar-refractivity contribution in [3.63, 3.8) is 0 Å². The van der Waals surface area contributed by atoms with Crippen LogP contribution < -0.4 is 15.2 Å². The van der Waals surface area contributed by atoms with Gasteiger partial charge in [-0.15, -0.1) is 21.2 Å². The average molecular weight is 288 g/mol. The van der Waals surface area contributed by atoms with E-state index in [4.69, 9.17) is 5.73 Å². The van der Waals surface area contributed by atoms with Gasteiger partial charge in [-0.25, -0.2) is 8.78 Å². The Labute approximate surface area is 106 Å². The normalized spacial score (nSPS) is 17.4. The fraction of sp³-hybridized carbons (Fsp3) is 0.400. The summed E-state index contributed by atoms with van der Waals surface area (Å²) in [5.41, 5.74) is 5.58. The second kappa shape index (κ2) is 5.19. The Hall–Kier alpha value is -1.21. The topological polar surface area (TPSA) is 44.5 Å². The van der Waals surface area contributed by atoms with E-state index in [2.05, 4.69) is 9.47 Å². The van der Waals surface area contributed by atoms with Crippen molar-refractivity contribution in [3.05, 3.63) is 23.8 Å². The van der Waals surface area contributed by atoms with Crippen molar-refractivity contribution in [1.29, 1.82) is 0 Å². The summed E-state index contributed by atoms with van der Waals surface area (Å²) in [6.45, 7) is 0. The van der Waals surface area contributed by atoms with Gasteiger partial charge in [0.05, 0.1) is 0 Å². The highest BCUT2D eigenvalue weighted by atomic mass is 35.5. The lowest BCUT2D eigenvalue weighted by atomic mass is 10.0. The lowest BCUT2D eigenvalue weighted by Gasteiger charge is -2.13. The second-order valence-electron chi connectivity index (χ2n) is 3.58. The zero-order valence-electron chi connectivity index (χ0n) is 8.91. The van der Waals surface area contributed by atoms with Crippen LogP contribution in [0.1, 0.15) is 18.0 Å². The number of hydrogen-bond donors (Lipinski definition) is 1. The van der Waals surface area contributed by atoms with Gasteiger partial charge in [0.2, 0.25) is 6.43 Å². The molecular weight excluding hydrogens is 278 g/mol. The molecule has 1 aromatic carbocycles. The van der Waals surface area contributed by atoms with Crippen LogP contribution >= 0.6 is 12.4 Å². The molecule has 102 valence electrons. The first-order valence-corrected chi connectivity index (χ1v) is 4.81. The van der Waals surface area contributed by atoms with Crippen molar-refractivity contribution >= 4 is 12.4 Å². The SMILES string of the molecule is Cl.N[C@H](CC(F)F)c1cccc2c1OC(F)(F)O2. The highest BCUT2D eigenvalue weighted by molar-refractivity contribution is 5.85. The highest BCUT2D eigenvalue weighted by Gasteiger charge is 2.44. The van der Waals surface area contributed by atoms with Crippen molar-refractivity contribution in [2.24, 2.45) is 5.73 Å². The molecular formula is C10H10ClF4NO2. The molecule has 1 heterocycles. The molecule has 0 bridgehead atoms. The molecule has 1 aliphatic rings. The van der Waals surface area contributed by atoms with E-state index in [-0.39, 0.29) is 29.5 Å². The van der Waals surface area contributed by atoms with E-state index in [1.807, 2.05) is 0 Å². The van der Waals surface area contributed by atoms with Crippen molar-refractivity contribution in [2.75, 3.05) is 0 Å². The van der Waals surface area contributed by atoms with Crippen molar-refractivity contribution in [2.45, 2.75) is 25.2 Å². The molecule has 3 nitrogen and oxygen atoms in total. The minimum absolute atomic E-state index is 0. The summed E-state index contributed by atoms with van der Waals surface area (Å²) in [6, 6.07) is 2.93. The number of nitrogens with two attached hydrogens (primary N) is 1. The molecule has 0 spiro atoms. The molecule has 0 saturated carbocycles. The van der Waals surface area contributed by atoms with E-state index >= 15 is 0 Å². The quantitative estimate of drug-likeness (QED) is 0.869. The Balaban J connectivity index is 0.00000162. The summed E-state index contributed by atoms with van der Waals surface area (Å²) >= 11 is 0. The first-order valence-electron chi connectivity index (χ1n) is 4.81. The van der Waals surface area contributed by atoms with E-state index in [0.29, 0.717) is 0 Å². The van der Waals surface area contributed by atoms with E-state index in [1.165, 1.54) is 18.2 Å². The van der Waals surface area contributed by atoms with Gasteiger partial charge in [-0.1, -0.05) is 12.1 Å². The molecule has 1 atom stereocenters. The molecule has 0 aromatic heterocycles. The first-order chi connectivity index (χ1) is 7.89. The minimum atomic E-state index is -3.77. The molecule has 2 rings (SSSR count). The summed E-state index contributed by atoms with van der Waals surface area (Å²) in [7, 11) is 0. The van der Waals surface area contributed by atoms with Crippen LogP contribution in [-0.4, -0.2) is 12.7 Å². The molecule has 18 heavy (non-hydrogen) atoms. The second-order valence-corrected chi connectivity index (χ2v) is 3.58. The number of fused-ring (bicyclic) bond motifs is 1. The van der Waals surface area contributed by atoms with Gasteiger partial charge in [-0.2, -0.15) is 0 Å². The predicted molar refractivity (Wildman–Crippen MR) is 57.4 cm³/mol. The average Bonchev–Trinajstić information content (AvgIpc) is 2.49. The summed E-state index contributed by atoms with van der Waals surface area (Å²) < 4.78 is 58.4. The molecule has 2 N–H and O–H groups in total. The predicted octanol–water partition coefficient (Wildman–Crippen LogP) is 3.08. The minimum Gasteiger partial charge on any atom is -0.395 e. The number of alkyl halides is 4. The van der Waals surface area contributed by atoms with Gasteiger partial charge in [0.15, 0.2) is 11.5 Å². The molecule has 0 amide bonds. The molecule has 1 aliphatic heterocycles. The fourth-order valence-corrected chi connectivity index (χ4v) is 1.60. The first kappa shape index (κ1) is 14.8. The van der Waals surface area contributed by atoms with Gasteiger partial charge in [0.1, 0.15) is 0 Å². The van der Waals surface area contributed by atoms with E-state index in [0.717, 1.165) is 0 Å². The van der Waals surface area contributed by atoms with E-state index in [9.17, 15) is 17.6 Å². The summed E-state index contributed by atoms with van der Waals surface area (Å²) in [5.74, 6) is -0.470. The monoisotopic (exact) mass is 287 g/mol. The molecule has 8 heteroatoms. The van der Waals surface area contributed by atoms with Crippen LogP contribution in [0.2, 0.25) is 0 Å². The Morgan fingerprint density at radius 1 is 1.22 bits per heavy atom. The summed E-state index contributed by atoms with van der Waals surface area (Å²) in [6.07, 6.45) is -7.03. The van der Waals surface area contributed by atoms with Gasteiger partial charge in [-0.3, -0.25) is 0 Å². The van der Waals surface area contributed by atoms with Gasteiger partial charge in [0, 0.05) is 18.0 Å². The molecule has 0 fully saturated rings. The molecule has 0 aliphatic carbocycles. The van der Waals surface area contributed by atoms with Gasteiger partial charge in [-0.05, 0) is 6.07 Å². The number of rotatable bonds is 3. The Morgan fingerprint density at radius 2 is 1.89 bits per heavy atom. The van der Waals surface area contributed by atoms with Gasteiger partial charge in [0.25, 0.3) is 0 Å². The standard InChI is InChI=1S/C10H9F4NO2.ClH/c11-8(12)4-6(15)5-2-1-3-7-9(5)17-10(13,14)16-7;/h1-3,6,8H,4,15H2;1H/t6-;/m1./s1. The third kappa shape index (κ3) is 2.97. The Kier molecular flexibility index (Phi) is 4.28. The maximum absolute atomic E-state index is 12.8. The molecule has 0 unspecified atom stereocenters. The van der Waals surface area contributed by atoms with Crippen LogP contribution in [0.25, 0.3) is 0 Å². The largest absolute Gasteiger partial charge is 0.586 e. The van der Waals surface area contributed by atoms with Gasteiger partial charge < -0.3 is 15.2 Å². The summed E-state index contributed by atoms with van der Waals surface area (Å²) in [5, 5.41) is 0. The smallest absolute Gasteiger partial charge is 0.395 e. The van der Waals surface area contributed by atoms with Crippen molar-refractivity contribution in [1.82, 2.24) is 0 Å². The zero-order chi connectivity index (χ0) is 12.6. The van der Waals surface area contributed by atoms with Crippen LogP contribution in [0.4, 0.5) is 17.6 Å². The molecule has 0 saturated heterocycles. The number of hydrogen-bond acceptors (Lipinski definition) is 3. The highest BCUT2D eigenvalue weighted by Crippen LogP contribution is 2.45. The number of benzene rings is 1. The number of halogens is 5. The van der Waals surface area contributed by atoms with E-state index < -0.39 is 25.2 Å². The third-order valence-corrected chi connectivity index (χ3v) is 2.29. The number of para-hydroxylation sites is 1. The molecule has 0 radical (unpaired) electrons. The van der Waals surface area contributed by atoms with Crippen LogP contribution in [0.15, 0.2) is 18.2 Å². The van der Waals surface area contributed by atoms with Crippen molar-refractivity contribution in [3.8, 4) is 11.5 Å². The van der Waals surface area contributed by atoms with Gasteiger partial charge >= 0.3 is 6.29 Å².